The molecule has 5 nitrogen and oxygen atoms in total. The molecule has 9 heteroatoms. The van der Waals surface area contributed by atoms with Gasteiger partial charge in [-0.1, -0.05) is 23.2 Å². The third-order valence-electron chi connectivity index (χ3n) is 2.61. The normalized spacial score (nSPS) is 11.4. The van der Waals surface area contributed by atoms with Crippen LogP contribution in [0.4, 0.5) is 5.69 Å². The Morgan fingerprint density at radius 1 is 1.23 bits per heavy atom. The summed E-state index contributed by atoms with van der Waals surface area (Å²) in [6.45, 7) is 1.40. The monoisotopic (exact) mass is 378 g/mol. The van der Waals surface area contributed by atoms with Crippen molar-refractivity contribution in [1.29, 1.82) is 0 Å². The zero-order chi connectivity index (χ0) is 16.3. The minimum Gasteiger partial charge on any atom is -0.324 e. The van der Waals surface area contributed by atoms with E-state index in [1.165, 1.54) is 18.2 Å². The molecule has 0 spiro atoms. The lowest BCUT2D eigenvalue weighted by atomic mass is 10.3. The summed E-state index contributed by atoms with van der Waals surface area (Å²) in [5.74, 6) is -0.541. The van der Waals surface area contributed by atoms with Crippen molar-refractivity contribution in [2.75, 3.05) is 11.9 Å². The van der Waals surface area contributed by atoms with E-state index in [4.69, 9.17) is 23.2 Å². The van der Waals surface area contributed by atoms with Crippen LogP contribution < -0.4 is 10.0 Å². The molecule has 0 atom stereocenters. The summed E-state index contributed by atoms with van der Waals surface area (Å²) >= 11 is 12.9. The molecule has 0 radical (unpaired) electrons. The minimum atomic E-state index is -3.70. The summed E-state index contributed by atoms with van der Waals surface area (Å²) in [6, 6.07) is 7.80. The molecule has 0 unspecified atom stereocenters. The van der Waals surface area contributed by atoms with Crippen LogP contribution in [-0.4, -0.2) is 20.9 Å². The summed E-state index contributed by atoms with van der Waals surface area (Å²) in [5, 5.41) is 3.23. The van der Waals surface area contributed by atoms with Gasteiger partial charge >= 0.3 is 0 Å². The molecule has 0 aliphatic heterocycles. The summed E-state index contributed by atoms with van der Waals surface area (Å²) in [5.41, 5.74) is 0.324. The van der Waals surface area contributed by atoms with E-state index in [1.807, 2.05) is 0 Å². The fraction of sp³-hybridized carbons (Fsp3) is 0.154. The quantitative estimate of drug-likeness (QED) is 0.837. The maximum Gasteiger partial charge on any atom is 0.250 e. The summed E-state index contributed by atoms with van der Waals surface area (Å²) < 4.78 is 26.4. The van der Waals surface area contributed by atoms with Crippen LogP contribution in [0.5, 0.6) is 0 Å². The Bertz CT molecular complexity index is 803. The molecule has 2 rings (SSSR count). The smallest absolute Gasteiger partial charge is 0.250 e. The van der Waals surface area contributed by atoms with E-state index in [0.29, 0.717) is 15.7 Å². The number of thiophene rings is 1. The van der Waals surface area contributed by atoms with Crippen molar-refractivity contribution in [3.8, 4) is 0 Å². The van der Waals surface area contributed by atoms with Crippen LogP contribution in [0.15, 0.2) is 34.5 Å². The van der Waals surface area contributed by atoms with Crippen molar-refractivity contribution in [3.63, 3.8) is 0 Å². The van der Waals surface area contributed by atoms with Gasteiger partial charge in [-0.05, 0) is 37.3 Å². The van der Waals surface area contributed by atoms with Gasteiger partial charge in [0.1, 0.15) is 4.21 Å². The minimum absolute atomic E-state index is 0.165. The molecule has 1 aromatic carbocycles. The van der Waals surface area contributed by atoms with E-state index in [1.54, 1.807) is 19.1 Å². The van der Waals surface area contributed by atoms with Crippen molar-refractivity contribution in [1.82, 2.24) is 4.72 Å². The van der Waals surface area contributed by atoms with E-state index >= 15 is 0 Å². The molecule has 22 heavy (non-hydrogen) atoms. The van der Waals surface area contributed by atoms with Gasteiger partial charge in [0.25, 0.3) is 10.0 Å². The lowest BCUT2D eigenvalue weighted by Gasteiger charge is -2.08. The van der Waals surface area contributed by atoms with Crippen LogP contribution in [0.3, 0.4) is 0 Å². The average Bonchev–Trinajstić information content (AvgIpc) is 2.88. The van der Waals surface area contributed by atoms with E-state index < -0.39 is 22.5 Å². The van der Waals surface area contributed by atoms with Gasteiger partial charge in [-0.15, -0.1) is 11.3 Å². The van der Waals surface area contributed by atoms with Crippen molar-refractivity contribution in [3.05, 3.63) is 45.3 Å². The molecule has 118 valence electrons. The molecule has 1 aromatic heterocycles. The highest BCUT2D eigenvalue weighted by Gasteiger charge is 2.17. The maximum atomic E-state index is 12.0. The van der Waals surface area contributed by atoms with Gasteiger partial charge in [0.05, 0.1) is 17.3 Å². The Morgan fingerprint density at radius 3 is 2.59 bits per heavy atom. The average molecular weight is 379 g/mol. The lowest BCUT2D eigenvalue weighted by Crippen LogP contribution is -2.32. The van der Waals surface area contributed by atoms with Gasteiger partial charge in [-0.25, -0.2) is 13.1 Å². The van der Waals surface area contributed by atoms with E-state index in [-0.39, 0.29) is 4.21 Å². The summed E-state index contributed by atoms with van der Waals surface area (Å²) in [7, 11) is -3.70. The van der Waals surface area contributed by atoms with Crippen molar-refractivity contribution >= 4 is 56.2 Å². The maximum absolute atomic E-state index is 12.0. The van der Waals surface area contributed by atoms with Crippen LogP contribution in [0.1, 0.15) is 4.88 Å². The van der Waals surface area contributed by atoms with Crippen LogP contribution in [0, 0.1) is 6.92 Å². The second kappa shape index (κ2) is 6.97. The molecular weight excluding hydrogens is 367 g/mol. The lowest BCUT2D eigenvalue weighted by molar-refractivity contribution is -0.115. The van der Waals surface area contributed by atoms with Gasteiger partial charge in [-0.2, -0.15) is 0 Å². The SMILES string of the molecule is Cc1ccc(S(=O)(=O)NCC(=O)Nc2cc(Cl)ccc2Cl)s1. The molecular formula is C13H12Cl2N2O3S2. The zero-order valence-corrected chi connectivity index (χ0v) is 14.5. The first-order chi connectivity index (χ1) is 10.3. The molecule has 0 fully saturated rings. The molecule has 2 aromatic rings. The molecule has 2 N–H and O–H groups in total. The third kappa shape index (κ3) is 4.44. The van der Waals surface area contributed by atoms with E-state index in [9.17, 15) is 13.2 Å². The van der Waals surface area contributed by atoms with Crippen LogP contribution in [0.25, 0.3) is 0 Å². The number of carbonyl (C=O) groups is 1. The molecule has 0 bridgehead atoms. The number of nitrogens with one attached hydrogen (secondary N) is 2. The number of benzene rings is 1. The first-order valence-electron chi connectivity index (χ1n) is 6.09. The number of aryl methyl sites for hydroxylation is 1. The number of anilines is 1. The van der Waals surface area contributed by atoms with E-state index in [2.05, 4.69) is 10.0 Å². The Labute approximate surface area is 142 Å². The molecule has 0 aliphatic rings. The first kappa shape index (κ1) is 17.2. The van der Waals surface area contributed by atoms with Gasteiger partial charge < -0.3 is 5.32 Å². The summed E-state index contributed by atoms with van der Waals surface area (Å²) in [4.78, 5) is 12.7. The first-order valence-corrected chi connectivity index (χ1v) is 9.14. The van der Waals surface area contributed by atoms with Crippen LogP contribution in [0.2, 0.25) is 10.0 Å². The number of amides is 1. The topological polar surface area (TPSA) is 75.3 Å². The second-order valence-corrected chi connectivity index (χ2v) is 8.49. The molecule has 0 aliphatic carbocycles. The number of hydrogen-bond acceptors (Lipinski definition) is 4. The van der Waals surface area contributed by atoms with E-state index in [0.717, 1.165) is 16.2 Å². The molecule has 1 heterocycles. The number of hydrogen-bond donors (Lipinski definition) is 2. The van der Waals surface area contributed by atoms with Crippen LogP contribution >= 0.6 is 34.5 Å². The van der Waals surface area contributed by atoms with Crippen molar-refractivity contribution < 1.29 is 13.2 Å². The largest absolute Gasteiger partial charge is 0.324 e. The second-order valence-electron chi connectivity index (χ2n) is 4.36. The van der Waals surface area contributed by atoms with Gasteiger partial charge in [-0.3, -0.25) is 4.79 Å². The molecule has 1 amide bonds. The highest BCUT2D eigenvalue weighted by molar-refractivity contribution is 7.91. The van der Waals surface area contributed by atoms with Crippen LogP contribution in [-0.2, 0) is 14.8 Å². The Hall–Kier alpha value is -1.12. The van der Waals surface area contributed by atoms with Crippen molar-refractivity contribution in [2.45, 2.75) is 11.1 Å². The summed E-state index contributed by atoms with van der Waals surface area (Å²) in [6.07, 6.45) is 0. The standard InChI is InChI=1S/C13H12Cl2N2O3S2/c1-8-2-5-13(21-8)22(19,20)16-7-12(18)17-11-6-9(14)3-4-10(11)15/h2-6,16H,7H2,1H3,(H,17,18). The highest BCUT2D eigenvalue weighted by Crippen LogP contribution is 2.25. The van der Waals surface area contributed by atoms with Gasteiger partial charge in [0.15, 0.2) is 0 Å². The number of sulfonamides is 1. The fourth-order valence-corrected chi connectivity index (χ4v) is 4.22. The van der Waals surface area contributed by atoms with Gasteiger partial charge in [0, 0.05) is 9.90 Å². The molecule has 0 saturated carbocycles. The third-order valence-corrected chi connectivity index (χ3v) is 6.06. The highest BCUT2D eigenvalue weighted by atomic mass is 35.5. The predicted molar refractivity (Wildman–Crippen MR) is 89.3 cm³/mol. The van der Waals surface area contributed by atoms with Crippen molar-refractivity contribution in [2.24, 2.45) is 0 Å². The Morgan fingerprint density at radius 2 is 1.95 bits per heavy atom. The van der Waals surface area contributed by atoms with Gasteiger partial charge in [0.2, 0.25) is 5.91 Å². The molecule has 0 saturated heterocycles. The Kier molecular flexibility index (Phi) is 5.46. The number of halogens is 2. The fourth-order valence-electron chi connectivity index (χ4n) is 1.58. The number of rotatable bonds is 5. The number of carbonyl (C=O) groups excluding carboxylic acids is 1. The zero-order valence-electron chi connectivity index (χ0n) is 11.4. The predicted octanol–water partition coefficient (Wildman–Crippen LogP) is 3.28. The Balaban J connectivity index is 1.99.